The van der Waals surface area contributed by atoms with Crippen molar-refractivity contribution < 1.29 is 22.7 Å². The molecule has 1 fully saturated rings. The molecule has 2 aliphatic heterocycles. The summed E-state index contributed by atoms with van der Waals surface area (Å²) in [7, 11) is 3.88. The first kappa shape index (κ1) is 23.8. The van der Waals surface area contributed by atoms with Crippen LogP contribution in [0.15, 0.2) is 41.8 Å². The Morgan fingerprint density at radius 1 is 1.23 bits per heavy atom. The number of anilines is 1. The van der Waals surface area contributed by atoms with E-state index < -0.39 is 18.3 Å². The van der Waals surface area contributed by atoms with Crippen LogP contribution in [0, 0.1) is 6.92 Å². The summed E-state index contributed by atoms with van der Waals surface area (Å²) in [5.41, 5.74) is 2.61. The van der Waals surface area contributed by atoms with Gasteiger partial charge >= 0.3 is 6.18 Å². The molecule has 1 amide bonds. The minimum Gasteiger partial charge on any atom is -0.378 e. The lowest BCUT2D eigenvalue weighted by Crippen LogP contribution is -2.45. The molecule has 3 aromatic heterocycles. The van der Waals surface area contributed by atoms with Crippen molar-refractivity contribution >= 4 is 23.5 Å². The van der Waals surface area contributed by atoms with Crippen molar-refractivity contribution in [1.29, 1.82) is 0 Å². The monoisotopic (exact) mass is 504 g/mol. The average molecular weight is 505 g/mol. The summed E-state index contributed by atoms with van der Waals surface area (Å²) in [6.07, 6.45) is 2.08. The van der Waals surface area contributed by atoms with E-state index in [0.717, 1.165) is 20.7 Å². The van der Waals surface area contributed by atoms with Crippen LogP contribution in [-0.2, 0) is 16.8 Å². The second kappa shape index (κ2) is 8.61. The van der Waals surface area contributed by atoms with Crippen LogP contribution in [0.3, 0.4) is 0 Å². The lowest BCUT2D eigenvalue weighted by Gasteiger charge is -2.32. The van der Waals surface area contributed by atoms with E-state index in [2.05, 4.69) is 10.1 Å². The molecule has 8 nitrogen and oxygen atoms in total. The van der Waals surface area contributed by atoms with Gasteiger partial charge in [-0.2, -0.15) is 18.3 Å². The fraction of sp³-hybridized carbons (Fsp3) is 0.391. The number of carbonyl (C=O) groups excluding carboxylic acids is 1. The Bertz CT molecular complexity index is 1290. The summed E-state index contributed by atoms with van der Waals surface area (Å²) in [5, 5.41) is 3.85. The van der Waals surface area contributed by atoms with E-state index in [0.29, 0.717) is 30.0 Å². The molecule has 35 heavy (non-hydrogen) atoms. The quantitative estimate of drug-likeness (QED) is 0.485. The van der Waals surface area contributed by atoms with Crippen molar-refractivity contribution in [3.63, 3.8) is 0 Å². The van der Waals surface area contributed by atoms with Crippen molar-refractivity contribution in [2.45, 2.75) is 36.5 Å². The van der Waals surface area contributed by atoms with Crippen LogP contribution in [0.5, 0.6) is 0 Å². The number of nitrogens with zero attached hydrogens (tertiary/aromatic N) is 6. The van der Waals surface area contributed by atoms with Crippen LogP contribution >= 0.6 is 11.9 Å². The third-order valence-corrected chi connectivity index (χ3v) is 6.82. The van der Waals surface area contributed by atoms with Gasteiger partial charge in [0.15, 0.2) is 0 Å². The molecule has 0 N–H and O–H groups in total. The Morgan fingerprint density at radius 2 is 2.03 bits per heavy atom. The molecule has 184 valence electrons. The van der Waals surface area contributed by atoms with Crippen molar-refractivity contribution in [3.05, 3.63) is 53.7 Å². The summed E-state index contributed by atoms with van der Waals surface area (Å²) in [6.45, 7) is 1.21. The maximum Gasteiger partial charge on any atom is 0.408 e. The average Bonchev–Trinajstić information content (AvgIpc) is 3.47. The minimum atomic E-state index is -4.42. The SMILES string of the molecule is Cc1cc(-c2cncc(SN(C)C)c2)nc2c1C(=O)N(c1cnn(CC(F)(F)F)c1)C21CCOC1. The number of alkyl halides is 3. The lowest BCUT2D eigenvalue weighted by molar-refractivity contribution is -0.142. The molecule has 0 bridgehead atoms. The number of amides is 1. The summed E-state index contributed by atoms with van der Waals surface area (Å²) >= 11 is 1.53. The molecule has 0 aliphatic carbocycles. The van der Waals surface area contributed by atoms with Crippen molar-refractivity contribution in [2.75, 3.05) is 32.2 Å². The highest BCUT2D eigenvalue weighted by Gasteiger charge is 2.55. The van der Waals surface area contributed by atoms with E-state index in [1.807, 2.05) is 37.5 Å². The normalized spacial score (nSPS) is 19.9. The lowest BCUT2D eigenvalue weighted by atomic mass is 9.91. The maximum atomic E-state index is 13.6. The first-order valence-electron chi connectivity index (χ1n) is 10.9. The third-order valence-electron chi connectivity index (χ3n) is 6.02. The standard InChI is InChI=1S/C23H23F3N6O2S/c1-14-6-18(15-7-17(10-27-8-15)35-30(2)3)29-20-19(14)21(33)32(22(20)4-5-34-13-22)16-9-28-31(11-16)12-23(24,25)26/h6-11H,4-5,12-13H2,1-3H3. The van der Waals surface area contributed by atoms with E-state index in [1.54, 1.807) is 12.4 Å². The van der Waals surface area contributed by atoms with Gasteiger partial charge < -0.3 is 4.74 Å². The summed E-state index contributed by atoms with van der Waals surface area (Å²) in [4.78, 5) is 25.4. The molecule has 0 aromatic carbocycles. The number of carbonyl (C=O) groups is 1. The number of pyridine rings is 2. The number of fused-ring (bicyclic) bond motifs is 2. The van der Waals surface area contributed by atoms with Gasteiger partial charge in [-0.25, -0.2) is 4.98 Å². The highest BCUT2D eigenvalue weighted by Crippen LogP contribution is 2.48. The molecule has 1 spiro atoms. The molecule has 2 aliphatic rings. The molecule has 0 radical (unpaired) electrons. The first-order chi connectivity index (χ1) is 16.6. The number of aryl methyl sites for hydroxylation is 1. The van der Waals surface area contributed by atoms with Crippen LogP contribution in [0.4, 0.5) is 18.9 Å². The van der Waals surface area contributed by atoms with Gasteiger partial charge in [0.25, 0.3) is 5.91 Å². The molecular weight excluding hydrogens is 481 g/mol. The smallest absolute Gasteiger partial charge is 0.378 e. The van der Waals surface area contributed by atoms with E-state index in [1.165, 1.54) is 29.2 Å². The summed E-state index contributed by atoms with van der Waals surface area (Å²) in [6, 6.07) is 3.83. The number of hydrogen-bond donors (Lipinski definition) is 0. The molecule has 1 atom stereocenters. The van der Waals surface area contributed by atoms with Crippen LogP contribution in [0.25, 0.3) is 11.3 Å². The number of ether oxygens (including phenoxy) is 1. The molecule has 0 saturated carbocycles. The molecule has 5 rings (SSSR count). The highest BCUT2D eigenvalue weighted by atomic mass is 32.2. The molecule has 1 saturated heterocycles. The second-order valence-electron chi connectivity index (χ2n) is 8.85. The van der Waals surface area contributed by atoms with Crippen molar-refractivity contribution in [1.82, 2.24) is 24.1 Å². The number of halogens is 3. The number of rotatable bonds is 5. The minimum absolute atomic E-state index is 0.195. The molecule has 3 aromatic rings. The molecule has 1 unspecified atom stereocenters. The van der Waals surface area contributed by atoms with Crippen molar-refractivity contribution in [2.24, 2.45) is 0 Å². The van der Waals surface area contributed by atoms with Crippen molar-refractivity contribution in [3.8, 4) is 11.3 Å². The summed E-state index contributed by atoms with van der Waals surface area (Å²) < 4.78 is 47.1. The molecule has 5 heterocycles. The highest BCUT2D eigenvalue weighted by molar-refractivity contribution is 7.97. The number of hydrogen-bond acceptors (Lipinski definition) is 7. The largest absolute Gasteiger partial charge is 0.408 e. The van der Waals surface area contributed by atoms with Crippen LogP contribution in [0.1, 0.15) is 28.0 Å². The zero-order valence-corrected chi connectivity index (χ0v) is 20.2. The van der Waals surface area contributed by atoms with Gasteiger partial charge in [-0.1, -0.05) is 0 Å². The van der Waals surface area contributed by atoms with Gasteiger partial charge in [-0.05, 0) is 50.7 Å². The van der Waals surface area contributed by atoms with E-state index in [4.69, 9.17) is 9.72 Å². The van der Waals surface area contributed by atoms with Gasteiger partial charge in [-0.15, -0.1) is 0 Å². The second-order valence-corrected chi connectivity index (χ2v) is 10.2. The van der Waals surface area contributed by atoms with E-state index in [-0.39, 0.29) is 18.2 Å². The topological polar surface area (TPSA) is 76.4 Å². The Balaban J connectivity index is 1.59. The van der Waals surface area contributed by atoms with Gasteiger partial charge in [0.1, 0.15) is 12.1 Å². The van der Waals surface area contributed by atoms with Gasteiger partial charge in [0, 0.05) is 42.1 Å². The van der Waals surface area contributed by atoms with E-state index in [9.17, 15) is 18.0 Å². The first-order valence-corrected chi connectivity index (χ1v) is 11.7. The van der Waals surface area contributed by atoms with Crippen LogP contribution < -0.4 is 4.90 Å². The zero-order chi connectivity index (χ0) is 25.0. The predicted octanol–water partition coefficient (Wildman–Crippen LogP) is 4.06. The van der Waals surface area contributed by atoms with Crippen LogP contribution in [-0.4, -0.2) is 63.4 Å². The molecule has 12 heteroatoms. The fourth-order valence-electron chi connectivity index (χ4n) is 4.68. The maximum absolute atomic E-state index is 13.6. The van der Waals surface area contributed by atoms with Gasteiger partial charge in [0.2, 0.25) is 0 Å². The Labute approximate surface area is 204 Å². The number of aromatic nitrogens is 4. The Morgan fingerprint density at radius 3 is 2.71 bits per heavy atom. The third kappa shape index (κ3) is 4.30. The summed E-state index contributed by atoms with van der Waals surface area (Å²) in [5.74, 6) is -0.316. The van der Waals surface area contributed by atoms with Gasteiger partial charge in [-0.3, -0.25) is 23.7 Å². The fourth-order valence-corrected chi connectivity index (χ4v) is 5.39. The van der Waals surface area contributed by atoms with Crippen LogP contribution in [0.2, 0.25) is 0 Å². The Kier molecular flexibility index (Phi) is 5.85. The predicted molar refractivity (Wildman–Crippen MR) is 124 cm³/mol. The van der Waals surface area contributed by atoms with E-state index >= 15 is 0 Å². The zero-order valence-electron chi connectivity index (χ0n) is 19.3. The van der Waals surface area contributed by atoms with Gasteiger partial charge in [0.05, 0.1) is 35.4 Å². The molecular formula is C23H23F3N6O2S. The Hall–Kier alpha value is -2.96.